The van der Waals surface area contributed by atoms with Gasteiger partial charge in [0, 0.05) is 44.0 Å². The van der Waals surface area contributed by atoms with Crippen LogP contribution in [0.15, 0.2) is 18.3 Å². The monoisotopic (exact) mass is 247 g/mol. The van der Waals surface area contributed by atoms with Crippen molar-refractivity contribution < 1.29 is 5.11 Å². The molecule has 1 aromatic rings. The van der Waals surface area contributed by atoms with Gasteiger partial charge in [-0.15, -0.1) is 0 Å². The van der Waals surface area contributed by atoms with Crippen molar-refractivity contribution in [3.05, 3.63) is 23.9 Å². The van der Waals surface area contributed by atoms with Gasteiger partial charge in [0.2, 0.25) is 0 Å². The van der Waals surface area contributed by atoms with Gasteiger partial charge in [-0.25, -0.2) is 4.98 Å². The minimum absolute atomic E-state index is 0.449. The molecule has 4 nitrogen and oxygen atoms in total. The number of piperazine rings is 1. The van der Waals surface area contributed by atoms with E-state index in [1.165, 1.54) is 12.8 Å². The van der Waals surface area contributed by atoms with Gasteiger partial charge in [0.05, 0.1) is 6.10 Å². The summed E-state index contributed by atoms with van der Waals surface area (Å²) in [5, 5.41) is 9.81. The summed E-state index contributed by atoms with van der Waals surface area (Å²) in [6.45, 7) is 6.10. The number of aliphatic hydroxyl groups excluding tert-OH is 1. The second-order valence-corrected chi connectivity index (χ2v) is 5.35. The Balaban J connectivity index is 1.71. The van der Waals surface area contributed by atoms with Crippen molar-refractivity contribution in [1.82, 2.24) is 9.88 Å². The van der Waals surface area contributed by atoms with Gasteiger partial charge < -0.3 is 10.0 Å². The molecule has 0 radical (unpaired) electrons. The first kappa shape index (κ1) is 11.9. The molecule has 0 bridgehead atoms. The second kappa shape index (κ2) is 4.86. The molecule has 2 aliphatic rings. The zero-order valence-corrected chi connectivity index (χ0v) is 10.9. The molecule has 1 aromatic heterocycles. The molecule has 1 aliphatic carbocycles. The molecule has 4 heteroatoms. The molecule has 98 valence electrons. The van der Waals surface area contributed by atoms with Gasteiger partial charge in [-0.2, -0.15) is 0 Å². The predicted molar refractivity (Wildman–Crippen MR) is 71.7 cm³/mol. The Bertz CT molecular complexity index is 409. The van der Waals surface area contributed by atoms with E-state index in [0.29, 0.717) is 0 Å². The van der Waals surface area contributed by atoms with Crippen LogP contribution in [0.25, 0.3) is 0 Å². The summed E-state index contributed by atoms with van der Waals surface area (Å²) in [6, 6.07) is 4.72. The summed E-state index contributed by atoms with van der Waals surface area (Å²) in [4.78, 5) is 9.35. The summed E-state index contributed by atoms with van der Waals surface area (Å²) in [7, 11) is 0. The van der Waals surface area contributed by atoms with Crippen LogP contribution in [0.3, 0.4) is 0 Å². The lowest BCUT2D eigenvalue weighted by molar-refractivity contribution is 0.198. The van der Waals surface area contributed by atoms with Crippen molar-refractivity contribution in [2.24, 2.45) is 0 Å². The van der Waals surface area contributed by atoms with E-state index in [9.17, 15) is 5.11 Å². The van der Waals surface area contributed by atoms with E-state index in [1.807, 2.05) is 18.3 Å². The first-order valence-electron chi connectivity index (χ1n) is 6.87. The molecule has 0 amide bonds. The van der Waals surface area contributed by atoms with Crippen molar-refractivity contribution in [2.45, 2.75) is 31.9 Å². The van der Waals surface area contributed by atoms with Crippen LogP contribution in [0.1, 0.15) is 31.4 Å². The maximum Gasteiger partial charge on any atom is 0.134 e. The van der Waals surface area contributed by atoms with Crippen molar-refractivity contribution in [1.29, 1.82) is 0 Å². The van der Waals surface area contributed by atoms with E-state index >= 15 is 0 Å². The summed E-state index contributed by atoms with van der Waals surface area (Å²) < 4.78 is 0. The molecule has 1 saturated heterocycles. The lowest BCUT2D eigenvalue weighted by Gasteiger charge is -2.36. The number of anilines is 1. The minimum atomic E-state index is -0.449. The minimum Gasteiger partial charge on any atom is -0.389 e. The highest BCUT2D eigenvalue weighted by atomic mass is 16.3. The molecule has 2 heterocycles. The smallest absolute Gasteiger partial charge is 0.134 e. The number of rotatable bonds is 3. The van der Waals surface area contributed by atoms with Crippen LogP contribution in [0.4, 0.5) is 5.82 Å². The van der Waals surface area contributed by atoms with E-state index in [4.69, 9.17) is 0 Å². The molecular weight excluding hydrogens is 226 g/mol. The zero-order chi connectivity index (χ0) is 12.5. The fraction of sp³-hybridized carbons (Fsp3) is 0.643. The van der Waals surface area contributed by atoms with Gasteiger partial charge in [-0.3, -0.25) is 4.90 Å². The zero-order valence-electron chi connectivity index (χ0n) is 10.9. The van der Waals surface area contributed by atoms with Crippen LogP contribution in [0.2, 0.25) is 0 Å². The normalized spacial score (nSPS) is 23.1. The van der Waals surface area contributed by atoms with Gasteiger partial charge in [-0.1, -0.05) is 6.07 Å². The number of aromatic nitrogens is 1. The third-order valence-corrected chi connectivity index (χ3v) is 3.94. The maximum atomic E-state index is 9.81. The molecule has 0 unspecified atom stereocenters. The lowest BCUT2D eigenvalue weighted by Crippen LogP contribution is -2.47. The fourth-order valence-corrected chi connectivity index (χ4v) is 2.74. The quantitative estimate of drug-likeness (QED) is 0.877. The molecule has 1 atom stereocenters. The average molecular weight is 247 g/mol. The number of nitrogens with zero attached hydrogens (tertiary/aromatic N) is 3. The highest BCUT2D eigenvalue weighted by molar-refractivity contribution is 5.48. The highest BCUT2D eigenvalue weighted by Gasteiger charge is 2.31. The third-order valence-electron chi connectivity index (χ3n) is 3.94. The van der Waals surface area contributed by atoms with E-state index in [-0.39, 0.29) is 0 Å². The van der Waals surface area contributed by atoms with Crippen molar-refractivity contribution in [2.75, 3.05) is 31.1 Å². The molecule has 2 fully saturated rings. The van der Waals surface area contributed by atoms with Crippen LogP contribution in [-0.2, 0) is 0 Å². The predicted octanol–water partition coefficient (Wildman–Crippen LogP) is 1.42. The number of pyridine rings is 1. The molecule has 1 N–H and O–H groups in total. The molecule has 18 heavy (non-hydrogen) atoms. The standard InChI is InChI=1S/C14H21N3O/c1-11(18)13-3-2-6-15-14(13)17-9-7-16(8-10-17)12-4-5-12/h2-3,6,11-12,18H,4-5,7-10H2,1H3/t11-/m1/s1. The molecule has 3 rings (SSSR count). The third kappa shape index (κ3) is 2.35. The Morgan fingerprint density at radius 2 is 2.00 bits per heavy atom. The summed E-state index contributed by atoms with van der Waals surface area (Å²) in [5.41, 5.74) is 0.942. The van der Waals surface area contributed by atoms with Crippen LogP contribution in [0, 0.1) is 0 Å². The lowest BCUT2D eigenvalue weighted by atomic mass is 10.1. The highest BCUT2D eigenvalue weighted by Crippen LogP contribution is 2.29. The second-order valence-electron chi connectivity index (χ2n) is 5.35. The molecule has 1 aliphatic heterocycles. The Morgan fingerprint density at radius 3 is 2.61 bits per heavy atom. The fourth-order valence-electron chi connectivity index (χ4n) is 2.74. The van der Waals surface area contributed by atoms with Gasteiger partial charge in [-0.05, 0) is 25.8 Å². The molecular formula is C14H21N3O. The van der Waals surface area contributed by atoms with Crippen LogP contribution in [0.5, 0.6) is 0 Å². The maximum absolute atomic E-state index is 9.81. The largest absolute Gasteiger partial charge is 0.389 e. The van der Waals surface area contributed by atoms with Crippen molar-refractivity contribution in [3.63, 3.8) is 0 Å². The average Bonchev–Trinajstić information content (AvgIpc) is 3.23. The van der Waals surface area contributed by atoms with E-state index < -0.39 is 6.10 Å². The van der Waals surface area contributed by atoms with Crippen LogP contribution in [-0.4, -0.2) is 47.2 Å². The number of hydrogen-bond acceptors (Lipinski definition) is 4. The van der Waals surface area contributed by atoms with Crippen molar-refractivity contribution in [3.8, 4) is 0 Å². The summed E-state index contributed by atoms with van der Waals surface area (Å²) in [6.07, 6.45) is 4.12. The van der Waals surface area contributed by atoms with E-state index in [0.717, 1.165) is 43.6 Å². The Labute approximate surface area is 108 Å². The molecule has 0 spiro atoms. The van der Waals surface area contributed by atoms with Crippen LogP contribution >= 0.6 is 0 Å². The van der Waals surface area contributed by atoms with Gasteiger partial charge in [0.25, 0.3) is 0 Å². The summed E-state index contributed by atoms with van der Waals surface area (Å²) >= 11 is 0. The first-order valence-corrected chi connectivity index (χ1v) is 6.87. The molecule has 1 saturated carbocycles. The SMILES string of the molecule is C[C@@H](O)c1cccnc1N1CCN(C2CC2)CC1. The number of aliphatic hydroxyl groups is 1. The topological polar surface area (TPSA) is 39.6 Å². The van der Waals surface area contributed by atoms with Gasteiger partial charge in [0.15, 0.2) is 0 Å². The Kier molecular flexibility index (Phi) is 3.22. The van der Waals surface area contributed by atoms with Crippen LogP contribution < -0.4 is 4.90 Å². The summed E-state index contributed by atoms with van der Waals surface area (Å²) in [5.74, 6) is 0.961. The van der Waals surface area contributed by atoms with Gasteiger partial charge in [0.1, 0.15) is 5.82 Å². The van der Waals surface area contributed by atoms with E-state index in [2.05, 4.69) is 14.8 Å². The Hall–Kier alpha value is -1.13. The van der Waals surface area contributed by atoms with Crippen molar-refractivity contribution >= 4 is 5.82 Å². The molecule has 0 aromatic carbocycles. The van der Waals surface area contributed by atoms with E-state index in [1.54, 1.807) is 6.92 Å². The van der Waals surface area contributed by atoms with Gasteiger partial charge >= 0.3 is 0 Å². The Morgan fingerprint density at radius 1 is 1.28 bits per heavy atom. The first-order chi connectivity index (χ1) is 8.75. The number of hydrogen-bond donors (Lipinski definition) is 1.